The molecule has 4 aliphatic carbocycles. The summed E-state index contributed by atoms with van der Waals surface area (Å²) < 4.78 is 0. The fourth-order valence-corrected chi connectivity index (χ4v) is 7.33. The van der Waals surface area contributed by atoms with Crippen LogP contribution in [0.15, 0.2) is 16.8 Å². The molecule has 0 saturated heterocycles. The largest absolute Gasteiger partial charge is 0.479 e. The number of rotatable bonds is 4. The Hall–Kier alpha value is -1.73. The van der Waals surface area contributed by atoms with Crippen LogP contribution >= 0.6 is 0 Å². The number of fused-ring (bicyclic) bond motifs is 5. The number of carboxylic acid groups (broad SMARTS) is 1. The van der Waals surface area contributed by atoms with Crippen molar-refractivity contribution in [2.75, 3.05) is 6.61 Å². The molecule has 0 aromatic rings. The molecule has 0 radical (unpaired) electrons. The summed E-state index contributed by atoms with van der Waals surface area (Å²) in [6.45, 7) is 5.85. The molecule has 30 heavy (non-hydrogen) atoms. The molecular formula is C23H33NO6. The number of nitrogens with zero attached hydrogens (tertiary/aromatic N) is 1. The molecule has 7 nitrogen and oxygen atoms in total. The van der Waals surface area contributed by atoms with Crippen LogP contribution in [-0.4, -0.2) is 51.6 Å². The number of hydrogen-bond acceptors (Lipinski definition) is 6. The van der Waals surface area contributed by atoms with Crippen LogP contribution in [-0.2, 0) is 14.4 Å². The summed E-state index contributed by atoms with van der Waals surface area (Å²) in [7, 11) is 0. The highest BCUT2D eigenvalue weighted by atomic mass is 16.6. The van der Waals surface area contributed by atoms with Gasteiger partial charge in [-0.25, -0.2) is 4.79 Å². The third kappa shape index (κ3) is 3.21. The third-order valence-electron chi connectivity index (χ3n) is 8.83. The second kappa shape index (κ2) is 7.45. The fraction of sp³-hybridized carbons (Fsp3) is 0.783. The lowest BCUT2D eigenvalue weighted by Gasteiger charge is -2.57. The van der Waals surface area contributed by atoms with E-state index in [1.54, 1.807) is 0 Å². The zero-order valence-corrected chi connectivity index (χ0v) is 18.0. The smallest absolute Gasteiger partial charge is 0.344 e. The first-order valence-corrected chi connectivity index (χ1v) is 11.1. The number of carbonyl (C=O) groups is 2. The average Bonchev–Trinajstić information content (AvgIpc) is 3.01. The van der Waals surface area contributed by atoms with Crippen molar-refractivity contribution in [2.45, 2.75) is 71.5 Å². The highest BCUT2D eigenvalue weighted by Crippen LogP contribution is 2.65. The first-order chi connectivity index (χ1) is 14.1. The molecule has 0 heterocycles. The Bertz CT molecular complexity index is 806. The predicted molar refractivity (Wildman–Crippen MR) is 110 cm³/mol. The molecule has 0 aliphatic heterocycles. The average molecular weight is 420 g/mol. The Balaban J connectivity index is 1.61. The van der Waals surface area contributed by atoms with Crippen molar-refractivity contribution in [1.82, 2.24) is 0 Å². The first kappa shape index (κ1) is 21.5. The number of allylic oxidation sites excluding steroid dienone is 2. The van der Waals surface area contributed by atoms with E-state index in [1.165, 1.54) is 5.57 Å². The Kier molecular flexibility index (Phi) is 5.34. The van der Waals surface area contributed by atoms with E-state index in [9.17, 15) is 19.8 Å². The van der Waals surface area contributed by atoms with Crippen molar-refractivity contribution in [3.05, 3.63) is 11.6 Å². The Morgan fingerprint density at radius 1 is 1.13 bits per heavy atom. The van der Waals surface area contributed by atoms with E-state index in [0.29, 0.717) is 12.8 Å². The number of carboxylic acids is 1. The summed E-state index contributed by atoms with van der Waals surface area (Å²) in [5, 5.41) is 33.4. The molecule has 0 amide bonds. The monoisotopic (exact) mass is 419 g/mol. The molecule has 3 fully saturated rings. The highest BCUT2D eigenvalue weighted by Gasteiger charge is 2.60. The summed E-state index contributed by atoms with van der Waals surface area (Å²) in [4.78, 5) is 28.8. The van der Waals surface area contributed by atoms with Crippen molar-refractivity contribution in [3.8, 4) is 0 Å². The predicted octanol–water partition coefficient (Wildman–Crippen LogP) is 2.55. The van der Waals surface area contributed by atoms with Gasteiger partial charge in [0.05, 0.1) is 17.9 Å². The normalized spacial score (nSPS) is 45.8. The van der Waals surface area contributed by atoms with Crippen LogP contribution < -0.4 is 0 Å². The van der Waals surface area contributed by atoms with Gasteiger partial charge in [-0.1, -0.05) is 24.6 Å². The minimum atomic E-state index is -1.05. The zero-order valence-electron chi connectivity index (χ0n) is 18.0. The Labute approximate surface area is 177 Å². The van der Waals surface area contributed by atoms with E-state index in [-0.39, 0.29) is 40.3 Å². The van der Waals surface area contributed by atoms with Crippen molar-refractivity contribution >= 4 is 17.5 Å². The molecule has 3 N–H and O–H groups in total. The molecule has 0 bridgehead atoms. The molecule has 166 valence electrons. The minimum Gasteiger partial charge on any atom is -0.479 e. The third-order valence-corrected chi connectivity index (χ3v) is 8.83. The summed E-state index contributed by atoms with van der Waals surface area (Å²) in [5.41, 5.74) is 1.69. The van der Waals surface area contributed by atoms with Gasteiger partial charge in [0, 0.05) is 11.8 Å². The number of aliphatic hydroxyl groups is 2. The quantitative estimate of drug-likeness (QED) is 0.476. The second-order valence-corrected chi connectivity index (χ2v) is 10.4. The molecular weight excluding hydrogens is 386 g/mol. The summed E-state index contributed by atoms with van der Waals surface area (Å²) in [5.74, 6) is -0.457. The van der Waals surface area contributed by atoms with Gasteiger partial charge in [-0.3, -0.25) is 4.79 Å². The number of carbonyl (C=O) groups excluding carboxylic acids is 1. The van der Waals surface area contributed by atoms with Gasteiger partial charge in [-0.05, 0) is 74.2 Å². The maximum atomic E-state index is 13.1. The molecule has 8 atom stereocenters. The molecule has 7 heteroatoms. The van der Waals surface area contributed by atoms with Crippen LogP contribution in [0, 0.1) is 34.5 Å². The van der Waals surface area contributed by atoms with Crippen molar-refractivity contribution in [2.24, 2.45) is 39.7 Å². The van der Waals surface area contributed by atoms with Gasteiger partial charge in [0.25, 0.3) is 0 Å². The number of hydrogen-bond donors (Lipinski definition) is 3. The van der Waals surface area contributed by atoms with E-state index in [2.05, 4.69) is 19.0 Å². The van der Waals surface area contributed by atoms with E-state index in [0.717, 1.165) is 31.4 Å². The molecule has 0 aromatic heterocycles. The van der Waals surface area contributed by atoms with Crippen LogP contribution in [0.5, 0.6) is 0 Å². The number of ketones is 1. The van der Waals surface area contributed by atoms with Crippen LogP contribution in [0.2, 0.25) is 0 Å². The van der Waals surface area contributed by atoms with Gasteiger partial charge in [0.2, 0.25) is 6.61 Å². The van der Waals surface area contributed by atoms with Crippen LogP contribution in [0.4, 0.5) is 0 Å². The molecule has 4 aliphatic rings. The first-order valence-electron chi connectivity index (χ1n) is 11.1. The highest BCUT2D eigenvalue weighted by molar-refractivity contribution is 5.95. The Morgan fingerprint density at radius 2 is 1.83 bits per heavy atom. The molecule has 0 aromatic carbocycles. The molecule has 0 spiro atoms. The van der Waals surface area contributed by atoms with E-state index in [4.69, 9.17) is 9.94 Å². The maximum absolute atomic E-state index is 13.1. The van der Waals surface area contributed by atoms with Crippen molar-refractivity contribution in [1.29, 1.82) is 0 Å². The molecule has 2 unspecified atom stereocenters. The van der Waals surface area contributed by atoms with Gasteiger partial charge < -0.3 is 20.2 Å². The van der Waals surface area contributed by atoms with Crippen LogP contribution in [0.25, 0.3) is 0 Å². The SMILES string of the molecule is CC(=NOCC(=O)O)[C@H]1CCC2C3=CC(=O)[C@@H]4C[C@@H](O)[C@@H](O)C[C@]4(C)C3CC[C@@]21C. The lowest BCUT2D eigenvalue weighted by atomic mass is 9.47. The van der Waals surface area contributed by atoms with E-state index in [1.807, 2.05) is 13.0 Å². The van der Waals surface area contributed by atoms with Crippen molar-refractivity contribution in [3.63, 3.8) is 0 Å². The van der Waals surface area contributed by atoms with Gasteiger partial charge in [-0.2, -0.15) is 0 Å². The minimum absolute atomic E-state index is 0.0429. The van der Waals surface area contributed by atoms with Gasteiger partial charge in [0.1, 0.15) is 0 Å². The molecule has 3 saturated carbocycles. The fourth-order valence-electron chi connectivity index (χ4n) is 7.33. The van der Waals surface area contributed by atoms with E-state index >= 15 is 0 Å². The van der Waals surface area contributed by atoms with Gasteiger partial charge >= 0.3 is 5.97 Å². The van der Waals surface area contributed by atoms with Crippen LogP contribution in [0.1, 0.15) is 59.3 Å². The topological polar surface area (TPSA) is 116 Å². The summed E-state index contributed by atoms with van der Waals surface area (Å²) in [6.07, 6.45) is 4.91. The Morgan fingerprint density at radius 3 is 2.53 bits per heavy atom. The summed E-state index contributed by atoms with van der Waals surface area (Å²) >= 11 is 0. The second-order valence-electron chi connectivity index (χ2n) is 10.4. The lowest BCUT2D eigenvalue weighted by molar-refractivity contribution is -0.143. The van der Waals surface area contributed by atoms with Gasteiger partial charge in [0.15, 0.2) is 5.78 Å². The zero-order chi connectivity index (χ0) is 21.8. The van der Waals surface area contributed by atoms with Crippen molar-refractivity contribution < 1.29 is 29.7 Å². The summed E-state index contributed by atoms with van der Waals surface area (Å²) in [6, 6.07) is 0. The lowest BCUT2D eigenvalue weighted by Crippen LogP contribution is -2.55. The maximum Gasteiger partial charge on any atom is 0.344 e. The molecule has 4 rings (SSSR count). The number of aliphatic hydroxyl groups excluding tert-OH is 2. The number of oxime groups is 1. The van der Waals surface area contributed by atoms with Gasteiger partial charge in [-0.15, -0.1) is 0 Å². The van der Waals surface area contributed by atoms with Crippen LogP contribution in [0.3, 0.4) is 0 Å². The van der Waals surface area contributed by atoms with E-state index < -0.39 is 24.8 Å². The number of aliphatic carboxylic acids is 1. The standard InChI is InChI=1S/C23H33NO6/c1-12(24-30-11-21(28)29)14-4-5-15-13-8-18(25)17-9-19(26)20(27)10-23(17,3)16(13)6-7-22(14,15)2/h8,14-17,19-20,26-27H,4-7,9-11H2,1-3H3,(H,28,29)/t14-,15?,16?,17+,19-,20+,22-,23-/m1/s1.